The average molecular weight is 463 g/mol. The van der Waals surface area contributed by atoms with E-state index in [4.69, 9.17) is 11.6 Å². The van der Waals surface area contributed by atoms with Crippen molar-refractivity contribution >= 4 is 39.3 Å². The number of nitrogens with zero attached hydrogens (tertiary/aromatic N) is 4. The molecule has 17 heteroatoms. The van der Waals surface area contributed by atoms with Gasteiger partial charge in [0.25, 0.3) is 15.7 Å². The van der Waals surface area contributed by atoms with Gasteiger partial charge in [-0.3, -0.25) is 15.4 Å². The van der Waals surface area contributed by atoms with Crippen LogP contribution >= 0.6 is 11.6 Å². The summed E-state index contributed by atoms with van der Waals surface area (Å²) < 4.78 is 56.8. The topological polar surface area (TPSA) is 166 Å². The summed E-state index contributed by atoms with van der Waals surface area (Å²) in [4.78, 5) is 30.9. The molecule has 0 aliphatic carbocycles. The number of benzene rings is 1. The number of nitrogens with one attached hydrogen (secondary N) is 2. The van der Waals surface area contributed by atoms with Crippen molar-refractivity contribution in [2.24, 2.45) is 0 Å². The summed E-state index contributed by atoms with van der Waals surface area (Å²) in [7, 11) is -3.65. The van der Waals surface area contributed by atoms with Crippen LogP contribution in [0.3, 0.4) is 0 Å². The number of methoxy groups -OCH3 is 1. The van der Waals surface area contributed by atoms with E-state index in [2.05, 4.69) is 19.7 Å². The zero-order valence-corrected chi connectivity index (χ0v) is 18.2. The fourth-order valence-electron chi connectivity index (χ4n) is 1.77. The maximum Gasteiger partial charge on any atom is 1.00 e. The predicted molar refractivity (Wildman–Crippen MR) is 89.7 cm³/mol. The zero-order valence-electron chi connectivity index (χ0n) is 15.6. The molecule has 2 amide bonds. The average Bonchev–Trinajstić information content (AvgIpc) is 2.60. The normalized spacial score (nSPS) is 11.2. The van der Waals surface area contributed by atoms with Crippen molar-refractivity contribution in [1.29, 1.82) is 0 Å². The summed E-state index contributed by atoms with van der Waals surface area (Å²) >= 11 is 4.80. The van der Waals surface area contributed by atoms with E-state index in [0.717, 1.165) is 19.2 Å². The number of ether oxygens (including phenoxy) is 1. The Morgan fingerprint density at radius 1 is 1.31 bits per heavy atom. The van der Waals surface area contributed by atoms with Crippen LogP contribution in [0.4, 0.5) is 25.2 Å². The van der Waals surface area contributed by atoms with E-state index in [-0.39, 0.29) is 31.0 Å². The molecule has 1 heterocycles. The van der Waals surface area contributed by atoms with Crippen LogP contribution in [0.15, 0.2) is 29.2 Å². The minimum absolute atomic E-state index is 0. The molecule has 0 atom stereocenters. The Morgan fingerprint density at radius 2 is 1.93 bits per heavy atom. The third-order valence-corrected chi connectivity index (χ3v) is 4.40. The van der Waals surface area contributed by atoms with E-state index in [9.17, 15) is 32.1 Å². The van der Waals surface area contributed by atoms with Crippen LogP contribution in [0.2, 0.25) is 0 Å². The number of nitro benzene ring substituents is 1. The van der Waals surface area contributed by atoms with Crippen LogP contribution in [0, 0.1) is 10.1 Å². The van der Waals surface area contributed by atoms with Crippen LogP contribution in [0.1, 0.15) is 7.25 Å². The molecule has 0 aliphatic heterocycles. The van der Waals surface area contributed by atoms with E-state index in [1.165, 1.54) is 16.9 Å². The molecule has 1 aromatic carbocycles. The molecule has 0 saturated heterocycles. The van der Waals surface area contributed by atoms with Gasteiger partial charge in [-0.15, -0.1) is 0 Å². The minimum atomic E-state index is -4.69. The first-order valence-corrected chi connectivity index (χ1v) is 8.74. The second-order valence-electron chi connectivity index (χ2n) is 4.75. The first-order valence-electron chi connectivity index (χ1n) is 6.88. The van der Waals surface area contributed by atoms with Crippen LogP contribution in [0.25, 0.3) is 0 Å². The Morgan fingerprint density at radius 3 is 2.48 bits per heavy atom. The van der Waals surface area contributed by atoms with Crippen molar-refractivity contribution in [2.45, 2.75) is 10.3 Å². The molecule has 0 fully saturated rings. The van der Waals surface area contributed by atoms with Crippen molar-refractivity contribution in [2.75, 3.05) is 12.4 Å². The molecule has 0 spiro atoms. The molecule has 12 nitrogen and oxygen atoms in total. The number of hydrogen-bond donors (Lipinski definition) is 2. The zero-order chi connectivity index (χ0) is 21.1. The second kappa shape index (κ2) is 9.53. The summed E-state index contributed by atoms with van der Waals surface area (Å²) in [5.74, 6) is -2.07. The number of nitro groups is 1. The Kier molecular flexibility index (Phi) is 8.16. The number of rotatable bonds is 6. The summed E-state index contributed by atoms with van der Waals surface area (Å²) in [6.45, 7) is 0. The van der Waals surface area contributed by atoms with Crippen molar-refractivity contribution in [3.63, 3.8) is 0 Å². The third-order valence-electron chi connectivity index (χ3n) is 2.85. The number of carbonyl (C=O) groups is 1. The predicted octanol–water partition coefficient (Wildman–Crippen LogP) is -1.30. The van der Waals surface area contributed by atoms with Crippen molar-refractivity contribution in [3.8, 4) is 6.01 Å². The van der Waals surface area contributed by atoms with E-state index in [1.54, 1.807) is 5.32 Å². The molecule has 0 aliphatic rings. The molecule has 2 rings (SSSR count). The SMILES string of the molecule is COc1nc(NC(=O)NS(=O)(=O)c2ccccc2[N+](=O)[O-])nc(C(F)(F)Cl)n1.[H-].[Na+]. The van der Waals surface area contributed by atoms with E-state index < -0.39 is 54.7 Å². The van der Waals surface area contributed by atoms with Crippen LogP contribution < -0.4 is 44.3 Å². The first-order chi connectivity index (χ1) is 12.9. The van der Waals surface area contributed by atoms with Gasteiger partial charge in [0.05, 0.1) is 12.0 Å². The number of sulfonamides is 1. The smallest absolute Gasteiger partial charge is 1.00 e. The molecule has 0 bridgehead atoms. The molecule has 152 valence electrons. The number of para-hydroxylation sites is 1. The molecule has 2 N–H and O–H groups in total. The van der Waals surface area contributed by atoms with Gasteiger partial charge in [-0.2, -0.15) is 23.7 Å². The number of halogens is 3. The number of aromatic nitrogens is 3. The number of hydrogen-bond acceptors (Lipinski definition) is 9. The van der Waals surface area contributed by atoms with Gasteiger partial charge in [-0.1, -0.05) is 12.1 Å². The van der Waals surface area contributed by atoms with Gasteiger partial charge < -0.3 is 6.16 Å². The monoisotopic (exact) mass is 462 g/mol. The molecule has 0 saturated carbocycles. The van der Waals surface area contributed by atoms with Gasteiger partial charge in [-0.05, 0) is 17.7 Å². The molecule has 1 aromatic heterocycles. The molecular formula is C12H10ClF2N6NaO6S. The van der Waals surface area contributed by atoms with Crippen LogP contribution in [-0.4, -0.2) is 41.4 Å². The van der Waals surface area contributed by atoms with Crippen molar-refractivity contribution in [3.05, 3.63) is 40.2 Å². The standard InChI is InChI=1S/C12H9ClF2N6O6S.Na.H/c1-27-11-17-8(12(13,14)15)16-9(19-11)18-10(22)20-28(25,26)7-5-3-2-4-6(7)21(23)24;;/h2-5H,1H3,(H2,16,17,18,19,20,22);;/q;+1;-1. The van der Waals surface area contributed by atoms with Gasteiger partial charge >= 0.3 is 47.0 Å². The number of urea groups is 1. The quantitative estimate of drug-likeness (QED) is 0.229. The second-order valence-corrected chi connectivity index (χ2v) is 6.88. The number of anilines is 1. The van der Waals surface area contributed by atoms with Crippen molar-refractivity contribution < 1.29 is 62.6 Å². The van der Waals surface area contributed by atoms with Crippen LogP contribution in [0.5, 0.6) is 6.01 Å². The largest absolute Gasteiger partial charge is 1.00 e. The molecule has 2 aromatic rings. The van der Waals surface area contributed by atoms with Gasteiger partial charge in [0, 0.05) is 6.07 Å². The van der Waals surface area contributed by atoms with E-state index in [0.29, 0.717) is 0 Å². The molecular weight excluding hydrogens is 453 g/mol. The Labute approximate surface area is 190 Å². The maximum atomic E-state index is 13.2. The number of carbonyl (C=O) groups excluding carboxylic acids is 1. The fraction of sp³-hybridized carbons (Fsp3) is 0.167. The number of alkyl halides is 3. The number of amides is 2. The van der Waals surface area contributed by atoms with E-state index in [1.807, 2.05) is 0 Å². The fourth-order valence-corrected chi connectivity index (χ4v) is 2.93. The van der Waals surface area contributed by atoms with Gasteiger partial charge in [-0.25, -0.2) is 17.9 Å². The van der Waals surface area contributed by atoms with Crippen LogP contribution in [-0.2, 0) is 15.4 Å². The minimum Gasteiger partial charge on any atom is -1.00 e. The summed E-state index contributed by atoms with van der Waals surface area (Å²) in [5.41, 5.74) is -0.784. The van der Waals surface area contributed by atoms with Gasteiger partial charge in [0.1, 0.15) is 0 Å². The Balaban J connectivity index is 0.00000420. The summed E-state index contributed by atoms with van der Waals surface area (Å²) in [6.07, 6.45) is 0. The maximum absolute atomic E-state index is 13.2. The molecule has 0 unspecified atom stereocenters. The van der Waals surface area contributed by atoms with Crippen molar-refractivity contribution in [1.82, 2.24) is 19.7 Å². The van der Waals surface area contributed by atoms with E-state index >= 15 is 0 Å². The van der Waals surface area contributed by atoms with Gasteiger partial charge in [0.15, 0.2) is 4.90 Å². The third kappa shape index (κ3) is 6.40. The Hall–Kier alpha value is -2.20. The molecule has 0 radical (unpaired) electrons. The van der Waals surface area contributed by atoms with Gasteiger partial charge in [0.2, 0.25) is 11.8 Å². The molecule has 29 heavy (non-hydrogen) atoms. The Bertz CT molecular complexity index is 1040. The summed E-state index contributed by atoms with van der Waals surface area (Å²) in [5, 5.41) is 8.68. The summed E-state index contributed by atoms with van der Waals surface area (Å²) in [6, 6.07) is 2.11. The first kappa shape index (κ1) is 24.8.